The van der Waals surface area contributed by atoms with Crippen LogP contribution in [0.2, 0.25) is 0 Å². The number of hydrogen-bond donors (Lipinski definition) is 3. The lowest BCUT2D eigenvalue weighted by Gasteiger charge is -2.22. The molecule has 0 aliphatic carbocycles. The summed E-state index contributed by atoms with van der Waals surface area (Å²) in [5.41, 5.74) is 0. The largest absolute Gasteiger partial charge is 0.394 e. The first-order valence-electron chi connectivity index (χ1n) is 35.0. The third kappa shape index (κ3) is 64.8. The van der Waals surface area contributed by atoms with Crippen molar-refractivity contribution in [2.24, 2.45) is 0 Å². The summed E-state index contributed by atoms with van der Waals surface area (Å²) in [6, 6.07) is -0.537. The lowest BCUT2D eigenvalue weighted by atomic mass is 10.0. The highest BCUT2D eigenvalue weighted by Crippen LogP contribution is 2.19. The Hall–Kier alpha value is -1.91. The molecule has 0 aliphatic rings. The molecule has 452 valence electrons. The van der Waals surface area contributed by atoms with Crippen LogP contribution in [0.25, 0.3) is 0 Å². The summed E-state index contributed by atoms with van der Waals surface area (Å²) in [7, 11) is 0. The average molecular weight is 1080 g/mol. The quantitative estimate of drug-likeness (QED) is 0.0420. The number of aliphatic hydroxyl groups excluding tert-OH is 2. The Balaban J connectivity index is 3.39. The van der Waals surface area contributed by atoms with Gasteiger partial charge in [-0.1, -0.05) is 376 Å². The van der Waals surface area contributed by atoms with Crippen molar-refractivity contribution < 1.29 is 15.0 Å². The molecule has 77 heavy (non-hydrogen) atoms. The van der Waals surface area contributed by atoms with Crippen LogP contribution >= 0.6 is 0 Å². The monoisotopic (exact) mass is 1080 g/mol. The van der Waals surface area contributed by atoms with E-state index in [1.165, 1.54) is 295 Å². The van der Waals surface area contributed by atoms with E-state index in [1.807, 2.05) is 0 Å². The molecule has 0 spiro atoms. The molecule has 0 aromatic carbocycles. The van der Waals surface area contributed by atoms with Gasteiger partial charge in [0.25, 0.3) is 0 Å². The van der Waals surface area contributed by atoms with Crippen LogP contribution in [0.15, 0.2) is 60.8 Å². The minimum atomic E-state index is -0.660. The number of allylic oxidation sites excluding steroid dienone is 10. The summed E-state index contributed by atoms with van der Waals surface area (Å²) >= 11 is 0. The van der Waals surface area contributed by atoms with E-state index in [-0.39, 0.29) is 12.5 Å². The maximum Gasteiger partial charge on any atom is 0.220 e. The van der Waals surface area contributed by atoms with Crippen LogP contribution in [0.3, 0.4) is 0 Å². The Labute approximate surface area is 483 Å². The Bertz CT molecular complexity index is 1270. The summed E-state index contributed by atoms with van der Waals surface area (Å²) in [5.74, 6) is -0.0235. The van der Waals surface area contributed by atoms with Crippen LogP contribution in [-0.2, 0) is 4.79 Å². The molecule has 0 fully saturated rings. The third-order valence-electron chi connectivity index (χ3n) is 16.3. The van der Waals surface area contributed by atoms with Crippen molar-refractivity contribution in [1.29, 1.82) is 0 Å². The second-order valence-electron chi connectivity index (χ2n) is 23.9. The second kappa shape index (κ2) is 68.4. The van der Waals surface area contributed by atoms with Gasteiger partial charge >= 0.3 is 0 Å². The van der Waals surface area contributed by atoms with Gasteiger partial charge < -0.3 is 15.5 Å². The van der Waals surface area contributed by atoms with E-state index in [1.54, 1.807) is 0 Å². The second-order valence-corrected chi connectivity index (χ2v) is 23.9. The summed E-state index contributed by atoms with van der Waals surface area (Å²) in [6.07, 6.45) is 97.1. The SMILES string of the molecule is CC/C=C\C/C=C\C/C=C\C/C=C\C/C=C\CCCCCCCCCCCCCCCCCCCCCCCCCC(=O)NC(CO)C(O)CCCCCCCCCCCCCCCCCCCCCCCCCCCC. The molecule has 1 amide bonds. The van der Waals surface area contributed by atoms with Crippen molar-refractivity contribution in [3.63, 3.8) is 0 Å². The van der Waals surface area contributed by atoms with Gasteiger partial charge in [0.1, 0.15) is 0 Å². The molecule has 4 heteroatoms. The van der Waals surface area contributed by atoms with E-state index in [0.717, 1.165) is 57.8 Å². The average Bonchev–Trinajstić information content (AvgIpc) is 3.43. The lowest BCUT2D eigenvalue weighted by molar-refractivity contribution is -0.123. The number of rotatable bonds is 65. The highest BCUT2D eigenvalue weighted by atomic mass is 16.3. The number of nitrogens with one attached hydrogen (secondary N) is 1. The van der Waals surface area contributed by atoms with E-state index in [9.17, 15) is 15.0 Å². The Morgan fingerprint density at radius 3 is 0.857 bits per heavy atom. The van der Waals surface area contributed by atoms with Gasteiger partial charge in [-0.05, 0) is 57.8 Å². The van der Waals surface area contributed by atoms with Crippen molar-refractivity contribution in [3.05, 3.63) is 60.8 Å². The lowest BCUT2D eigenvalue weighted by Crippen LogP contribution is -2.45. The Morgan fingerprint density at radius 1 is 0.325 bits per heavy atom. The minimum absolute atomic E-state index is 0.0235. The molecule has 2 unspecified atom stereocenters. The fourth-order valence-electron chi connectivity index (χ4n) is 11.0. The van der Waals surface area contributed by atoms with Crippen molar-refractivity contribution in [2.45, 2.75) is 392 Å². The first-order valence-corrected chi connectivity index (χ1v) is 35.0. The van der Waals surface area contributed by atoms with Gasteiger partial charge in [-0.3, -0.25) is 4.79 Å². The Morgan fingerprint density at radius 2 is 0.571 bits per heavy atom. The number of amides is 1. The Kier molecular flexibility index (Phi) is 66.7. The maximum absolute atomic E-state index is 12.6. The molecule has 0 aromatic heterocycles. The van der Waals surface area contributed by atoms with E-state index in [2.05, 4.69) is 79.9 Å². The highest BCUT2D eigenvalue weighted by molar-refractivity contribution is 5.76. The van der Waals surface area contributed by atoms with Gasteiger partial charge in [-0.15, -0.1) is 0 Å². The van der Waals surface area contributed by atoms with E-state index in [4.69, 9.17) is 0 Å². The predicted octanol–water partition coefficient (Wildman–Crippen LogP) is 23.9. The van der Waals surface area contributed by atoms with Crippen LogP contribution in [0.4, 0.5) is 0 Å². The molecular weight excluding hydrogens is 939 g/mol. The number of unbranched alkanes of at least 4 members (excludes halogenated alkanes) is 48. The molecule has 0 bridgehead atoms. The molecule has 0 aliphatic heterocycles. The summed E-state index contributed by atoms with van der Waals surface area (Å²) in [5, 5.41) is 23.5. The van der Waals surface area contributed by atoms with Crippen molar-refractivity contribution in [3.8, 4) is 0 Å². The van der Waals surface area contributed by atoms with Crippen molar-refractivity contribution in [2.75, 3.05) is 6.61 Å². The van der Waals surface area contributed by atoms with Crippen LogP contribution in [0.1, 0.15) is 380 Å². The topological polar surface area (TPSA) is 69.6 Å². The number of aliphatic hydroxyl groups is 2. The fourth-order valence-corrected chi connectivity index (χ4v) is 11.0. The van der Waals surface area contributed by atoms with Crippen LogP contribution in [0.5, 0.6) is 0 Å². The normalized spacial score (nSPS) is 13.0. The van der Waals surface area contributed by atoms with E-state index in [0.29, 0.717) is 12.8 Å². The molecule has 4 nitrogen and oxygen atoms in total. The van der Waals surface area contributed by atoms with Gasteiger partial charge in [0.05, 0.1) is 18.8 Å². The highest BCUT2D eigenvalue weighted by Gasteiger charge is 2.20. The van der Waals surface area contributed by atoms with E-state index >= 15 is 0 Å². The smallest absolute Gasteiger partial charge is 0.220 e. The first-order chi connectivity index (χ1) is 38.2. The fraction of sp³-hybridized carbons (Fsp3) is 0.849. The summed E-state index contributed by atoms with van der Waals surface area (Å²) in [4.78, 5) is 12.6. The first kappa shape index (κ1) is 75.1. The van der Waals surface area contributed by atoms with Crippen LogP contribution in [-0.4, -0.2) is 34.9 Å². The van der Waals surface area contributed by atoms with Crippen LogP contribution < -0.4 is 5.32 Å². The summed E-state index contributed by atoms with van der Waals surface area (Å²) in [6.45, 7) is 4.29. The molecule has 0 aromatic rings. The molecular formula is C73H137NO3. The molecule has 0 radical (unpaired) electrons. The molecule has 0 saturated carbocycles. The predicted molar refractivity (Wildman–Crippen MR) is 345 cm³/mol. The molecule has 0 saturated heterocycles. The molecule has 0 heterocycles. The number of carbonyl (C=O) groups is 1. The van der Waals surface area contributed by atoms with Gasteiger partial charge in [-0.25, -0.2) is 0 Å². The number of hydrogen-bond acceptors (Lipinski definition) is 3. The minimum Gasteiger partial charge on any atom is -0.394 e. The van der Waals surface area contributed by atoms with Gasteiger partial charge in [0, 0.05) is 6.42 Å². The standard InChI is InChI=1S/C73H137NO3/c1-3-5-7-9-11-13-15-17-19-21-23-25-27-29-31-32-33-34-35-36-37-38-39-40-41-42-43-45-47-49-51-53-55-57-59-61-63-65-67-69-73(77)74-71(70-75)72(76)68-66-64-62-60-58-56-54-52-50-48-46-44-30-28-26-24-22-20-18-16-14-12-10-8-6-4-2/h5,7,11,13,17,19,23,25,29,31,71-72,75-76H,3-4,6,8-10,12,14-16,18,20-22,24,26-28,30,32-70H2,1-2H3,(H,74,77)/b7-5-,13-11-,19-17-,25-23-,31-29-. The zero-order valence-electron chi connectivity index (χ0n) is 52.2. The van der Waals surface area contributed by atoms with Gasteiger partial charge in [-0.2, -0.15) is 0 Å². The zero-order valence-corrected chi connectivity index (χ0v) is 52.2. The van der Waals surface area contributed by atoms with Crippen molar-refractivity contribution >= 4 is 5.91 Å². The summed E-state index contributed by atoms with van der Waals surface area (Å²) < 4.78 is 0. The van der Waals surface area contributed by atoms with Crippen molar-refractivity contribution in [1.82, 2.24) is 5.32 Å². The zero-order chi connectivity index (χ0) is 55.5. The van der Waals surface area contributed by atoms with E-state index < -0.39 is 12.1 Å². The molecule has 2 atom stereocenters. The van der Waals surface area contributed by atoms with Crippen LogP contribution in [0, 0.1) is 0 Å². The molecule has 3 N–H and O–H groups in total. The third-order valence-corrected chi connectivity index (χ3v) is 16.3. The molecule has 0 rings (SSSR count). The van der Waals surface area contributed by atoms with Gasteiger partial charge in [0.2, 0.25) is 5.91 Å². The number of carbonyl (C=O) groups excluding carboxylic acids is 1. The maximum atomic E-state index is 12.6. The van der Waals surface area contributed by atoms with Gasteiger partial charge in [0.15, 0.2) is 0 Å².